The molecule has 1 fully saturated rings. The van der Waals surface area contributed by atoms with Crippen molar-refractivity contribution in [2.45, 2.75) is 50.7 Å². The van der Waals surface area contributed by atoms with Gasteiger partial charge in [-0.1, -0.05) is 0 Å². The summed E-state index contributed by atoms with van der Waals surface area (Å²) in [5, 5.41) is 25.2. The molecule has 23 heavy (non-hydrogen) atoms. The Kier molecular flexibility index (Phi) is 5.75. The molecule has 128 valence electrons. The summed E-state index contributed by atoms with van der Waals surface area (Å²) in [4.78, 5) is 23.5. The summed E-state index contributed by atoms with van der Waals surface area (Å²) < 4.78 is 10.5. The van der Waals surface area contributed by atoms with Gasteiger partial charge < -0.3 is 30.0 Å². The zero-order valence-electron chi connectivity index (χ0n) is 13.1. The van der Waals surface area contributed by atoms with E-state index in [1.807, 2.05) is 13.8 Å². The SMILES string of the molecule is CC(C)NC(=O)C[C@@H]1O[C@H](CNC(=O)c2ccco2)[C@@H](O)[C@H]1O. The normalized spacial score (nSPS) is 27.2. The summed E-state index contributed by atoms with van der Waals surface area (Å²) >= 11 is 0. The highest BCUT2D eigenvalue weighted by atomic mass is 16.5. The highest BCUT2D eigenvalue weighted by Gasteiger charge is 2.43. The van der Waals surface area contributed by atoms with Gasteiger partial charge in [-0.05, 0) is 26.0 Å². The Morgan fingerprint density at radius 3 is 2.57 bits per heavy atom. The molecule has 4 N–H and O–H groups in total. The summed E-state index contributed by atoms with van der Waals surface area (Å²) in [5.41, 5.74) is 0. The minimum atomic E-state index is -1.18. The maximum Gasteiger partial charge on any atom is 0.287 e. The van der Waals surface area contributed by atoms with E-state index in [1.54, 1.807) is 6.07 Å². The van der Waals surface area contributed by atoms with Crippen molar-refractivity contribution in [1.82, 2.24) is 10.6 Å². The van der Waals surface area contributed by atoms with Crippen LogP contribution in [0.1, 0.15) is 30.8 Å². The maximum atomic E-state index is 11.8. The van der Waals surface area contributed by atoms with Crippen LogP contribution in [0.25, 0.3) is 0 Å². The lowest BCUT2D eigenvalue weighted by molar-refractivity contribution is -0.125. The van der Waals surface area contributed by atoms with Crippen LogP contribution >= 0.6 is 0 Å². The first-order valence-electron chi connectivity index (χ1n) is 7.51. The molecule has 2 rings (SSSR count). The van der Waals surface area contributed by atoms with Gasteiger partial charge in [0.25, 0.3) is 5.91 Å². The van der Waals surface area contributed by atoms with Crippen LogP contribution in [-0.2, 0) is 9.53 Å². The van der Waals surface area contributed by atoms with Crippen molar-refractivity contribution in [3.63, 3.8) is 0 Å². The number of aliphatic hydroxyl groups excluding tert-OH is 2. The molecule has 4 atom stereocenters. The average molecular weight is 326 g/mol. The number of furan rings is 1. The van der Waals surface area contributed by atoms with Crippen molar-refractivity contribution in [1.29, 1.82) is 0 Å². The molecule has 8 heteroatoms. The quantitative estimate of drug-likeness (QED) is 0.555. The summed E-state index contributed by atoms with van der Waals surface area (Å²) in [6.07, 6.45) is -2.64. The first kappa shape index (κ1) is 17.5. The van der Waals surface area contributed by atoms with Crippen molar-refractivity contribution in [2.24, 2.45) is 0 Å². The Bertz CT molecular complexity index is 530. The highest BCUT2D eigenvalue weighted by molar-refractivity contribution is 5.91. The second-order valence-electron chi connectivity index (χ2n) is 5.81. The van der Waals surface area contributed by atoms with E-state index in [1.165, 1.54) is 12.3 Å². The smallest absolute Gasteiger partial charge is 0.287 e. The number of hydrogen-bond acceptors (Lipinski definition) is 6. The monoisotopic (exact) mass is 326 g/mol. The number of amides is 2. The molecule has 2 amide bonds. The largest absolute Gasteiger partial charge is 0.459 e. The molecular weight excluding hydrogens is 304 g/mol. The summed E-state index contributed by atoms with van der Waals surface area (Å²) in [7, 11) is 0. The maximum absolute atomic E-state index is 11.8. The molecule has 0 saturated carbocycles. The first-order chi connectivity index (χ1) is 10.9. The molecule has 0 aromatic carbocycles. The van der Waals surface area contributed by atoms with Gasteiger partial charge in [0.2, 0.25) is 5.91 Å². The first-order valence-corrected chi connectivity index (χ1v) is 7.51. The topological polar surface area (TPSA) is 121 Å². The molecule has 2 heterocycles. The molecule has 8 nitrogen and oxygen atoms in total. The van der Waals surface area contributed by atoms with Crippen molar-refractivity contribution in [2.75, 3.05) is 6.54 Å². The Balaban J connectivity index is 1.84. The third-order valence-corrected chi connectivity index (χ3v) is 3.51. The molecule has 1 aliphatic rings. The van der Waals surface area contributed by atoms with Gasteiger partial charge in [-0.25, -0.2) is 0 Å². The minimum Gasteiger partial charge on any atom is -0.459 e. The lowest BCUT2D eigenvalue weighted by Crippen LogP contribution is -2.40. The predicted octanol–water partition coefficient (Wildman–Crippen LogP) is -0.587. The van der Waals surface area contributed by atoms with Gasteiger partial charge in [-0.3, -0.25) is 9.59 Å². The number of hydrogen-bond donors (Lipinski definition) is 4. The summed E-state index contributed by atoms with van der Waals surface area (Å²) in [6, 6.07) is 3.08. The standard InChI is InChI=1S/C15H22N2O6/c1-8(2)17-12(18)6-10-13(19)14(20)11(23-10)7-16-15(21)9-4-3-5-22-9/h3-5,8,10-11,13-14,19-20H,6-7H2,1-2H3,(H,16,21)(H,17,18)/t10-,11+,13-,14+/m0/s1. The van der Waals surface area contributed by atoms with E-state index >= 15 is 0 Å². The van der Waals surface area contributed by atoms with E-state index < -0.39 is 30.3 Å². The van der Waals surface area contributed by atoms with E-state index in [4.69, 9.17) is 9.15 Å². The third-order valence-electron chi connectivity index (χ3n) is 3.51. The molecule has 0 spiro atoms. The molecule has 0 aliphatic carbocycles. The number of rotatable bonds is 6. The molecule has 0 radical (unpaired) electrons. The molecule has 0 bridgehead atoms. The molecule has 1 aromatic heterocycles. The lowest BCUT2D eigenvalue weighted by Gasteiger charge is -2.15. The average Bonchev–Trinajstić information content (AvgIpc) is 3.09. The highest BCUT2D eigenvalue weighted by Crippen LogP contribution is 2.23. The van der Waals surface area contributed by atoms with Crippen molar-refractivity contribution in [3.05, 3.63) is 24.2 Å². The molecule has 1 aromatic rings. The fourth-order valence-electron chi connectivity index (χ4n) is 2.41. The van der Waals surface area contributed by atoms with Crippen LogP contribution in [0.2, 0.25) is 0 Å². The Morgan fingerprint density at radius 1 is 1.26 bits per heavy atom. The minimum absolute atomic E-state index is 0.0000591. The van der Waals surface area contributed by atoms with Gasteiger partial charge in [-0.15, -0.1) is 0 Å². The Morgan fingerprint density at radius 2 is 1.96 bits per heavy atom. The van der Waals surface area contributed by atoms with Gasteiger partial charge in [0.15, 0.2) is 5.76 Å². The van der Waals surface area contributed by atoms with E-state index in [0.717, 1.165) is 0 Å². The number of carbonyl (C=O) groups excluding carboxylic acids is 2. The third kappa shape index (κ3) is 4.54. The predicted molar refractivity (Wildman–Crippen MR) is 79.6 cm³/mol. The van der Waals surface area contributed by atoms with E-state index in [0.29, 0.717) is 0 Å². The number of carbonyl (C=O) groups is 2. The zero-order valence-corrected chi connectivity index (χ0v) is 13.1. The second-order valence-corrected chi connectivity index (χ2v) is 5.81. The second kappa shape index (κ2) is 7.58. The van der Waals surface area contributed by atoms with E-state index in [-0.39, 0.29) is 30.7 Å². The van der Waals surface area contributed by atoms with Crippen LogP contribution in [-0.4, -0.2) is 59.0 Å². The van der Waals surface area contributed by atoms with Crippen LogP contribution in [0.5, 0.6) is 0 Å². The van der Waals surface area contributed by atoms with Crippen molar-refractivity contribution < 1.29 is 29.0 Å². The van der Waals surface area contributed by atoms with E-state index in [9.17, 15) is 19.8 Å². The Hall–Kier alpha value is -1.90. The number of aliphatic hydroxyl groups is 2. The number of nitrogens with one attached hydrogen (secondary N) is 2. The fraction of sp³-hybridized carbons (Fsp3) is 0.600. The Labute approximate surface area is 133 Å². The molecule has 1 saturated heterocycles. The zero-order chi connectivity index (χ0) is 17.0. The van der Waals surface area contributed by atoms with Gasteiger partial charge in [0, 0.05) is 12.6 Å². The van der Waals surface area contributed by atoms with Crippen LogP contribution in [0, 0.1) is 0 Å². The van der Waals surface area contributed by atoms with Gasteiger partial charge >= 0.3 is 0 Å². The van der Waals surface area contributed by atoms with Gasteiger partial charge in [0.1, 0.15) is 18.3 Å². The van der Waals surface area contributed by atoms with Crippen LogP contribution in [0.3, 0.4) is 0 Å². The van der Waals surface area contributed by atoms with Crippen molar-refractivity contribution >= 4 is 11.8 Å². The lowest BCUT2D eigenvalue weighted by atomic mass is 10.1. The summed E-state index contributed by atoms with van der Waals surface area (Å²) in [6.45, 7) is 3.65. The molecular formula is C15H22N2O6. The van der Waals surface area contributed by atoms with Crippen LogP contribution in [0.4, 0.5) is 0 Å². The van der Waals surface area contributed by atoms with Gasteiger partial charge in [0.05, 0.1) is 18.8 Å². The van der Waals surface area contributed by atoms with E-state index in [2.05, 4.69) is 10.6 Å². The van der Waals surface area contributed by atoms with Crippen molar-refractivity contribution in [3.8, 4) is 0 Å². The molecule has 1 aliphatic heterocycles. The van der Waals surface area contributed by atoms with Crippen LogP contribution < -0.4 is 10.6 Å². The fourth-order valence-corrected chi connectivity index (χ4v) is 2.41. The van der Waals surface area contributed by atoms with Gasteiger partial charge in [-0.2, -0.15) is 0 Å². The summed E-state index contributed by atoms with van der Waals surface area (Å²) in [5.74, 6) is -0.566. The number of ether oxygens (including phenoxy) is 1. The molecule has 0 unspecified atom stereocenters. The van der Waals surface area contributed by atoms with Crippen LogP contribution in [0.15, 0.2) is 22.8 Å².